The average Bonchev–Trinajstić information content (AvgIpc) is 2.35. The predicted octanol–water partition coefficient (Wildman–Crippen LogP) is 3.77. The highest BCUT2D eigenvalue weighted by atomic mass is 35.5. The maximum atomic E-state index is 11.6. The number of para-hydroxylation sites is 1. The van der Waals surface area contributed by atoms with Crippen LogP contribution in [0.4, 0.5) is 5.69 Å². The van der Waals surface area contributed by atoms with Gasteiger partial charge in [-0.1, -0.05) is 29.3 Å². The van der Waals surface area contributed by atoms with Crippen molar-refractivity contribution < 1.29 is 13.2 Å². The van der Waals surface area contributed by atoms with Crippen LogP contribution >= 0.6 is 23.2 Å². The summed E-state index contributed by atoms with van der Waals surface area (Å²) in [5.41, 5.74) is 5.86. The fraction of sp³-hybridized carbons (Fsp3) is 0.0769. The molecule has 4 nitrogen and oxygen atoms in total. The Balaban J connectivity index is 2.47. The van der Waals surface area contributed by atoms with Crippen molar-refractivity contribution in [2.24, 2.45) is 0 Å². The van der Waals surface area contributed by atoms with Crippen molar-refractivity contribution in [3.63, 3.8) is 0 Å². The molecule has 106 valence electrons. The highest BCUT2D eigenvalue weighted by Gasteiger charge is 2.16. The van der Waals surface area contributed by atoms with Crippen molar-refractivity contribution in [1.82, 2.24) is 0 Å². The van der Waals surface area contributed by atoms with Crippen LogP contribution < -0.4 is 10.5 Å². The molecule has 0 bridgehead atoms. The van der Waals surface area contributed by atoms with Crippen LogP contribution in [0, 0.1) is 0 Å². The van der Waals surface area contributed by atoms with Gasteiger partial charge in [0.1, 0.15) is 5.75 Å². The van der Waals surface area contributed by atoms with Gasteiger partial charge in [0.2, 0.25) is 0 Å². The number of benzene rings is 2. The summed E-state index contributed by atoms with van der Waals surface area (Å²) in [4.78, 5) is 0.00755. The summed E-state index contributed by atoms with van der Waals surface area (Å²) in [6.45, 7) is 0. The molecule has 2 N–H and O–H groups in total. The van der Waals surface area contributed by atoms with E-state index in [1.807, 2.05) is 0 Å². The Morgan fingerprint density at radius 3 is 2.45 bits per heavy atom. The molecule has 7 heteroatoms. The largest absolute Gasteiger partial charge is 0.454 e. The average molecular weight is 332 g/mol. The second-order valence-electron chi connectivity index (χ2n) is 4.12. The third-order valence-electron chi connectivity index (χ3n) is 2.54. The van der Waals surface area contributed by atoms with Gasteiger partial charge in [-0.05, 0) is 24.3 Å². The molecule has 0 fully saturated rings. The molecule has 2 aromatic carbocycles. The van der Waals surface area contributed by atoms with Crippen LogP contribution in [0.1, 0.15) is 0 Å². The van der Waals surface area contributed by atoms with Gasteiger partial charge >= 0.3 is 0 Å². The summed E-state index contributed by atoms with van der Waals surface area (Å²) in [6, 6.07) is 9.23. The van der Waals surface area contributed by atoms with E-state index in [0.29, 0.717) is 15.8 Å². The van der Waals surface area contributed by atoms with Gasteiger partial charge < -0.3 is 10.5 Å². The van der Waals surface area contributed by atoms with E-state index in [9.17, 15) is 8.42 Å². The molecule has 0 atom stereocenters. The molecule has 0 aliphatic carbocycles. The molecule has 0 spiro atoms. The smallest absolute Gasteiger partial charge is 0.177 e. The molecule has 2 rings (SSSR count). The van der Waals surface area contributed by atoms with Gasteiger partial charge in [-0.2, -0.15) is 0 Å². The first-order valence-electron chi connectivity index (χ1n) is 5.50. The molecule has 0 unspecified atom stereocenters. The summed E-state index contributed by atoms with van der Waals surface area (Å²) < 4.78 is 28.7. The number of nitrogen functional groups attached to an aromatic ring is 1. The molecular weight excluding hydrogens is 321 g/mol. The molecule has 0 heterocycles. The zero-order chi connectivity index (χ0) is 14.9. The summed E-state index contributed by atoms with van der Waals surface area (Å²) in [6.07, 6.45) is 1.08. The van der Waals surface area contributed by atoms with Gasteiger partial charge in [0, 0.05) is 17.3 Å². The lowest BCUT2D eigenvalue weighted by Crippen LogP contribution is -2.03. The standard InChI is InChI=1S/C13H11Cl2NO3S/c1-20(17,18)12-4-2-3-10(13(12)16)19-11-7-8(14)5-6-9(11)15/h2-7H,16H2,1H3. The Morgan fingerprint density at radius 1 is 1.10 bits per heavy atom. The highest BCUT2D eigenvalue weighted by molar-refractivity contribution is 7.90. The van der Waals surface area contributed by atoms with E-state index >= 15 is 0 Å². The van der Waals surface area contributed by atoms with Gasteiger partial charge in [0.15, 0.2) is 15.6 Å². The fourth-order valence-electron chi connectivity index (χ4n) is 1.61. The molecule has 2 aromatic rings. The monoisotopic (exact) mass is 331 g/mol. The topological polar surface area (TPSA) is 69.4 Å². The minimum absolute atomic E-state index is 0.00755. The zero-order valence-electron chi connectivity index (χ0n) is 10.4. The van der Waals surface area contributed by atoms with Crippen molar-refractivity contribution in [3.05, 3.63) is 46.4 Å². The molecule has 0 radical (unpaired) electrons. The first kappa shape index (κ1) is 15.0. The van der Waals surface area contributed by atoms with Crippen molar-refractivity contribution in [1.29, 1.82) is 0 Å². The van der Waals surface area contributed by atoms with Gasteiger partial charge in [-0.3, -0.25) is 0 Å². The summed E-state index contributed by atoms with van der Waals surface area (Å²) in [5.74, 6) is 0.508. The van der Waals surface area contributed by atoms with Crippen LogP contribution in [0.15, 0.2) is 41.3 Å². The summed E-state index contributed by atoms with van der Waals surface area (Å²) in [5, 5.41) is 0.792. The van der Waals surface area contributed by atoms with Crippen LogP contribution in [0.25, 0.3) is 0 Å². The number of hydrogen-bond donors (Lipinski definition) is 1. The minimum atomic E-state index is -3.43. The van der Waals surface area contributed by atoms with E-state index in [1.54, 1.807) is 24.3 Å². The third-order valence-corrected chi connectivity index (χ3v) is 4.24. The molecule has 0 aromatic heterocycles. The Bertz CT molecular complexity index is 760. The van der Waals surface area contributed by atoms with Gasteiger partial charge in [-0.15, -0.1) is 0 Å². The van der Waals surface area contributed by atoms with E-state index < -0.39 is 9.84 Å². The Kier molecular flexibility index (Phi) is 4.13. The molecule has 0 aliphatic rings. The van der Waals surface area contributed by atoms with E-state index in [2.05, 4.69) is 0 Å². The van der Waals surface area contributed by atoms with Gasteiger partial charge in [0.25, 0.3) is 0 Å². The second kappa shape index (κ2) is 5.52. The summed E-state index contributed by atoms with van der Waals surface area (Å²) >= 11 is 11.8. The predicted molar refractivity (Wildman–Crippen MR) is 80.5 cm³/mol. The maximum Gasteiger partial charge on any atom is 0.177 e. The number of rotatable bonds is 3. The van der Waals surface area contributed by atoms with E-state index in [0.717, 1.165) is 6.26 Å². The van der Waals surface area contributed by atoms with Gasteiger partial charge in [-0.25, -0.2) is 8.42 Å². The molecule has 0 amide bonds. The van der Waals surface area contributed by atoms with E-state index in [1.165, 1.54) is 12.1 Å². The fourth-order valence-corrected chi connectivity index (χ4v) is 2.75. The molecular formula is C13H11Cl2NO3S. The number of hydrogen-bond acceptors (Lipinski definition) is 4. The zero-order valence-corrected chi connectivity index (χ0v) is 12.8. The highest BCUT2D eigenvalue weighted by Crippen LogP contribution is 2.36. The number of halogens is 2. The van der Waals surface area contributed by atoms with Crippen molar-refractivity contribution >= 4 is 38.7 Å². The SMILES string of the molecule is CS(=O)(=O)c1cccc(Oc2cc(Cl)ccc2Cl)c1N. The second-order valence-corrected chi connectivity index (χ2v) is 6.94. The normalized spacial score (nSPS) is 11.3. The van der Waals surface area contributed by atoms with Crippen molar-refractivity contribution in [3.8, 4) is 11.5 Å². The van der Waals surface area contributed by atoms with Crippen LogP contribution in [-0.2, 0) is 9.84 Å². The van der Waals surface area contributed by atoms with Crippen LogP contribution in [0.3, 0.4) is 0 Å². The molecule has 0 saturated carbocycles. The number of sulfone groups is 1. The quantitative estimate of drug-likeness (QED) is 0.869. The summed E-state index contributed by atoms with van der Waals surface area (Å²) in [7, 11) is -3.43. The van der Waals surface area contributed by atoms with Crippen molar-refractivity contribution in [2.45, 2.75) is 4.90 Å². The first-order valence-corrected chi connectivity index (χ1v) is 8.15. The first-order chi connectivity index (χ1) is 9.29. The lowest BCUT2D eigenvalue weighted by atomic mass is 10.3. The maximum absolute atomic E-state index is 11.6. The Morgan fingerprint density at radius 2 is 1.80 bits per heavy atom. The van der Waals surface area contributed by atoms with Crippen LogP contribution in [-0.4, -0.2) is 14.7 Å². The lowest BCUT2D eigenvalue weighted by molar-refractivity contribution is 0.484. The van der Waals surface area contributed by atoms with Gasteiger partial charge in [0.05, 0.1) is 15.6 Å². The van der Waals surface area contributed by atoms with E-state index in [4.69, 9.17) is 33.7 Å². The third kappa shape index (κ3) is 3.17. The minimum Gasteiger partial charge on any atom is -0.454 e. The lowest BCUT2D eigenvalue weighted by Gasteiger charge is -2.12. The number of ether oxygens (including phenoxy) is 1. The van der Waals surface area contributed by atoms with Crippen molar-refractivity contribution in [2.75, 3.05) is 12.0 Å². The van der Waals surface area contributed by atoms with Crippen LogP contribution in [0.2, 0.25) is 10.0 Å². The molecule has 0 aliphatic heterocycles. The molecule has 20 heavy (non-hydrogen) atoms. The number of anilines is 1. The Hall–Kier alpha value is -1.43. The Labute approximate surface area is 127 Å². The van der Waals surface area contributed by atoms with Crippen LogP contribution in [0.5, 0.6) is 11.5 Å². The molecule has 0 saturated heterocycles. The number of nitrogens with two attached hydrogens (primary N) is 1. The van der Waals surface area contributed by atoms with E-state index in [-0.39, 0.29) is 16.3 Å².